The maximum atomic E-state index is 12.6. The van der Waals surface area contributed by atoms with Gasteiger partial charge in [0.2, 0.25) is 5.95 Å². The van der Waals surface area contributed by atoms with Gasteiger partial charge in [0.15, 0.2) is 22.7 Å². The van der Waals surface area contributed by atoms with Crippen molar-refractivity contribution in [2.75, 3.05) is 5.73 Å². The van der Waals surface area contributed by atoms with E-state index >= 15 is 0 Å². The molecule has 0 saturated carbocycles. The Labute approximate surface area is 184 Å². The van der Waals surface area contributed by atoms with Crippen LogP contribution < -0.4 is 11.3 Å². The summed E-state index contributed by atoms with van der Waals surface area (Å²) in [5.74, 6) is -0.0648. The number of anilines is 1. The molecule has 2 aromatic heterocycles. The van der Waals surface area contributed by atoms with Crippen LogP contribution in [0.4, 0.5) is 5.95 Å². The second-order valence-corrected chi connectivity index (χ2v) is 11.0. The van der Waals surface area contributed by atoms with Gasteiger partial charge in [-0.3, -0.25) is 18.5 Å². The lowest BCUT2D eigenvalue weighted by atomic mass is 9.97. The second kappa shape index (κ2) is 8.17. The summed E-state index contributed by atoms with van der Waals surface area (Å²) in [5.41, 5.74) is 4.07. The molecule has 1 aliphatic rings. The number of nitrogens with zero attached hydrogens (tertiary/aromatic N) is 4. The van der Waals surface area contributed by atoms with Gasteiger partial charge in [0.1, 0.15) is 12.2 Å². The van der Waals surface area contributed by atoms with E-state index in [-0.39, 0.29) is 30.0 Å². The first-order valence-corrected chi connectivity index (χ1v) is 11.7. The van der Waals surface area contributed by atoms with Gasteiger partial charge in [0, 0.05) is 13.5 Å². The lowest BCUT2D eigenvalue weighted by molar-refractivity contribution is -0.0636. The van der Waals surface area contributed by atoms with Crippen molar-refractivity contribution in [3.05, 3.63) is 16.7 Å². The van der Waals surface area contributed by atoms with Gasteiger partial charge in [-0.2, -0.15) is 4.98 Å². The van der Waals surface area contributed by atoms with Crippen molar-refractivity contribution in [1.29, 1.82) is 0 Å². The monoisotopic (exact) mass is 475 g/mol. The van der Waals surface area contributed by atoms with Gasteiger partial charge in [-0.25, -0.2) is 4.98 Å². The third kappa shape index (κ3) is 4.21. The van der Waals surface area contributed by atoms with Gasteiger partial charge in [-0.1, -0.05) is 6.92 Å². The van der Waals surface area contributed by atoms with Crippen molar-refractivity contribution < 1.29 is 34.0 Å². The molecule has 3 rings (SSSR count). The summed E-state index contributed by atoms with van der Waals surface area (Å²) in [5, 5.41) is 29.4. The first kappa shape index (κ1) is 24.8. The van der Waals surface area contributed by atoms with Crippen LogP contribution in [-0.4, -0.2) is 68.6 Å². The predicted molar refractivity (Wildman–Crippen MR) is 114 cm³/mol. The molecule has 3 heterocycles. The molecule has 6 atom stereocenters. The highest BCUT2D eigenvalue weighted by Crippen LogP contribution is 2.58. The van der Waals surface area contributed by atoms with Crippen LogP contribution in [0.3, 0.4) is 0 Å². The number of aliphatic hydroxyl groups excluding tert-OH is 2. The molecule has 0 aromatic carbocycles. The van der Waals surface area contributed by atoms with Crippen molar-refractivity contribution in [1.82, 2.24) is 19.1 Å². The maximum absolute atomic E-state index is 12.6. The van der Waals surface area contributed by atoms with Crippen LogP contribution in [0.1, 0.15) is 46.8 Å². The van der Waals surface area contributed by atoms with E-state index in [1.807, 2.05) is 0 Å². The molecular formula is C18H30N5O8P. The number of hydrogen-bond donors (Lipinski definition) is 5. The summed E-state index contributed by atoms with van der Waals surface area (Å²) in [4.78, 5) is 30.7. The Morgan fingerprint density at radius 2 is 1.94 bits per heavy atom. The number of nitrogen functional groups attached to an aromatic ring is 1. The first-order chi connectivity index (χ1) is 14.6. The number of nitrogens with two attached hydrogens (primary N) is 1. The summed E-state index contributed by atoms with van der Waals surface area (Å²) in [6.45, 7) is 5.77. The highest BCUT2D eigenvalue weighted by atomic mass is 31.2. The van der Waals surface area contributed by atoms with E-state index in [2.05, 4.69) is 9.97 Å². The standard InChI is InChI=1S/C18H30N5O8P/c1-6-18(4,27)32(28,29)31-17(2,3)7-9-11(24)12(25)15(30-9)23-8-20-10-13(23)21-16(19)22(5)14(10)26/h8-9,11-12,15,24-25,27H,6-7H2,1-5H3,(H2,19,21)(H,28,29). The topological polar surface area (TPSA) is 195 Å². The highest BCUT2D eigenvalue weighted by molar-refractivity contribution is 7.54. The second-order valence-electron chi connectivity index (χ2n) is 8.85. The number of ether oxygens (including phenoxy) is 1. The van der Waals surface area contributed by atoms with Crippen LogP contribution in [0.15, 0.2) is 11.1 Å². The van der Waals surface area contributed by atoms with E-state index in [1.165, 1.54) is 38.7 Å². The fourth-order valence-electron chi connectivity index (χ4n) is 3.53. The van der Waals surface area contributed by atoms with Gasteiger partial charge in [-0.15, -0.1) is 0 Å². The average Bonchev–Trinajstić information content (AvgIpc) is 3.21. The molecule has 2 aromatic rings. The van der Waals surface area contributed by atoms with E-state index < -0.39 is 48.6 Å². The Kier molecular flexibility index (Phi) is 6.33. The van der Waals surface area contributed by atoms with Gasteiger partial charge in [-0.05, 0) is 27.2 Å². The first-order valence-electron chi connectivity index (χ1n) is 10.1. The van der Waals surface area contributed by atoms with Gasteiger partial charge >= 0.3 is 7.60 Å². The van der Waals surface area contributed by atoms with E-state index in [1.54, 1.807) is 6.92 Å². The lowest BCUT2D eigenvalue weighted by Gasteiger charge is -2.35. The highest BCUT2D eigenvalue weighted by Gasteiger charge is 2.50. The number of fused-ring (bicyclic) bond motifs is 1. The molecule has 0 amide bonds. The van der Waals surface area contributed by atoms with Gasteiger partial charge < -0.3 is 35.2 Å². The summed E-state index contributed by atoms with van der Waals surface area (Å²) >= 11 is 0. The van der Waals surface area contributed by atoms with E-state index in [4.69, 9.17) is 15.0 Å². The fourth-order valence-corrected chi connectivity index (χ4v) is 4.87. The van der Waals surface area contributed by atoms with Crippen LogP contribution in [0.2, 0.25) is 0 Å². The molecule has 6 unspecified atom stereocenters. The molecule has 1 saturated heterocycles. The number of hydrogen-bond acceptors (Lipinski definition) is 10. The molecule has 0 radical (unpaired) electrons. The van der Waals surface area contributed by atoms with Gasteiger partial charge in [0.05, 0.1) is 18.0 Å². The number of aliphatic hydroxyl groups is 3. The minimum Gasteiger partial charge on any atom is -0.388 e. The van der Waals surface area contributed by atoms with Crippen LogP contribution >= 0.6 is 7.60 Å². The minimum atomic E-state index is -4.44. The smallest absolute Gasteiger partial charge is 0.359 e. The largest absolute Gasteiger partial charge is 0.388 e. The Morgan fingerprint density at radius 3 is 2.53 bits per heavy atom. The molecule has 0 aliphatic carbocycles. The number of aromatic nitrogens is 4. The quantitative estimate of drug-likeness (QED) is 0.333. The molecule has 1 fully saturated rings. The zero-order valence-electron chi connectivity index (χ0n) is 18.5. The van der Waals surface area contributed by atoms with Crippen molar-refractivity contribution in [2.24, 2.45) is 7.05 Å². The fraction of sp³-hybridized carbons (Fsp3) is 0.722. The van der Waals surface area contributed by atoms with Crippen molar-refractivity contribution in [2.45, 2.75) is 76.0 Å². The van der Waals surface area contributed by atoms with Crippen molar-refractivity contribution in [3.8, 4) is 0 Å². The van der Waals surface area contributed by atoms with Crippen LogP contribution in [-0.2, 0) is 20.9 Å². The van der Waals surface area contributed by atoms with Crippen molar-refractivity contribution >= 4 is 24.7 Å². The molecule has 1 aliphatic heterocycles. The van der Waals surface area contributed by atoms with Crippen molar-refractivity contribution in [3.63, 3.8) is 0 Å². The van der Waals surface area contributed by atoms with Crippen LogP contribution in [0.25, 0.3) is 11.2 Å². The lowest BCUT2D eigenvalue weighted by Crippen LogP contribution is -2.38. The molecule has 180 valence electrons. The third-order valence-corrected chi connectivity index (χ3v) is 8.07. The Morgan fingerprint density at radius 1 is 1.31 bits per heavy atom. The number of imidazole rings is 1. The summed E-state index contributed by atoms with van der Waals surface area (Å²) in [6, 6.07) is 0. The van der Waals surface area contributed by atoms with E-state index in [9.17, 15) is 29.6 Å². The average molecular weight is 475 g/mol. The van der Waals surface area contributed by atoms with Crippen LogP contribution in [0.5, 0.6) is 0 Å². The normalized spacial score (nSPS) is 28.0. The minimum absolute atomic E-state index is 0.0104. The summed E-state index contributed by atoms with van der Waals surface area (Å²) in [6.07, 6.45) is -3.79. The zero-order valence-corrected chi connectivity index (χ0v) is 19.4. The third-order valence-electron chi connectivity index (χ3n) is 5.79. The van der Waals surface area contributed by atoms with Crippen LogP contribution in [0, 0.1) is 0 Å². The van der Waals surface area contributed by atoms with E-state index in [0.29, 0.717) is 0 Å². The summed E-state index contributed by atoms with van der Waals surface area (Å²) in [7, 11) is -2.99. The van der Waals surface area contributed by atoms with Gasteiger partial charge in [0.25, 0.3) is 5.56 Å². The Bertz CT molecular complexity index is 1110. The molecule has 14 heteroatoms. The Hall–Kier alpha value is -1.86. The SMILES string of the molecule is CCC(C)(O)P(=O)(O)OC(C)(C)CC1OC(n2cnc3c(=O)n(C)c(N)nc32)C(O)C1O. The predicted octanol–water partition coefficient (Wildman–Crippen LogP) is -0.179. The zero-order chi connectivity index (χ0) is 24.2. The molecular weight excluding hydrogens is 445 g/mol. The molecule has 0 bridgehead atoms. The Balaban J connectivity index is 1.85. The molecule has 6 N–H and O–H groups in total. The number of rotatable bonds is 7. The van der Waals surface area contributed by atoms with E-state index in [0.717, 1.165) is 4.57 Å². The molecule has 13 nitrogen and oxygen atoms in total. The summed E-state index contributed by atoms with van der Waals surface area (Å²) < 4.78 is 26.2. The molecule has 0 spiro atoms. The maximum Gasteiger partial charge on any atom is 0.359 e. The molecule has 32 heavy (non-hydrogen) atoms.